The van der Waals surface area contributed by atoms with E-state index in [9.17, 15) is 9.59 Å². The lowest BCUT2D eigenvalue weighted by Gasteiger charge is -2.22. The number of para-hydroxylation sites is 1. The minimum atomic E-state index is -0.627. The van der Waals surface area contributed by atoms with E-state index in [4.69, 9.17) is 0 Å². The average Bonchev–Trinajstić information content (AvgIpc) is 2.75. The number of hydrogen-bond acceptors (Lipinski definition) is 2. The van der Waals surface area contributed by atoms with E-state index in [0.29, 0.717) is 5.69 Å². The number of anilines is 1. The molecule has 3 amide bonds. The van der Waals surface area contributed by atoms with Gasteiger partial charge in [-0.15, -0.1) is 0 Å². The van der Waals surface area contributed by atoms with E-state index in [2.05, 4.69) is 21.2 Å². The summed E-state index contributed by atoms with van der Waals surface area (Å²) >= 11 is 3.36. The van der Waals surface area contributed by atoms with Crippen molar-refractivity contribution in [3.8, 4) is 0 Å². The molecule has 0 bridgehead atoms. The molecule has 20 heavy (non-hydrogen) atoms. The zero-order chi connectivity index (χ0) is 14.1. The number of carbonyl (C=O) groups is 2. The molecule has 3 rings (SSSR count). The van der Waals surface area contributed by atoms with Crippen molar-refractivity contribution in [2.24, 2.45) is 0 Å². The van der Waals surface area contributed by atoms with E-state index in [0.717, 1.165) is 10.0 Å². The predicted molar refractivity (Wildman–Crippen MR) is 79.3 cm³/mol. The minimum Gasteiger partial charge on any atom is -0.277 e. The van der Waals surface area contributed by atoms with Gasteiger partial charge in [-0.1, -0.05) is 46.3 Å². The Labute approximate surface area is 124 Å². The molecule has 1 aliphatic rings. The van der Waals surface area contributed by atoms with Gasteiger partial charge < -0.3 is 0 Å². The summed E-state index contributed by atoms with van der Waals surface area (Å²) in [6, 6.07) is 15.5. The van der Waals surface area contributed by atoms with Gasteiger partial charge in [0.2, 0.25) is 0 Å². The van der Waals surface area contributed by atoms with E-state index in [-0.39, 0.29) is 5.91 Å². The average molecular weight is 331 g/mol. The molecular weight excluding hydrogens is 320 g/mol. The topological polar surface area (TPSA) is 49.4 Å². The molecule has 2 aromatic rings. The predicted octanol–water partition coefficient (Wildman–Crippen LogP) is 3.25. The molecule has 5 heteroatoms. The molecule has 0 radical (unpaired) electrons. The van der Waals surface area contributed by atoms with E-state index in [1.807, 2.05) is 54.6 Å². The molecule has 1 atom stereocenters. The van der Waals surface area contributed by atoms with Gasteiger partial charge in [0.1, 0.15) is 6.04 Å². The summed E-state index contributed by atoms with van der Waals surface area (Å²) in [4.78, 5) is 25.6. The third-order valence-corrected chi connectivity index (χ3v) is 3.70. The van der Waals surface area contributed by atoms with Gasteiger partial charge in [-0.05, 0) is 29.8 Å². The summed E-state index contributed by atoms with van der Waals surface area (Å²) in [7, 11) is 0. The van der Waals surface area contributed by atoms with Crippen LogP contribution in [0.1, 0.15) is 11.6 Å². The molecule has 1 fully saturated rings. The molecule has 2 aromatic carbocycles. The van der Waals surface area contributed by atoms with E-state index < -0.39 is 12.1 Å². The van der Waals surface area contributed by atoms with Crippen molar-refractivity contribution in [3.05, 3.63) is 64.6 Å². The second kappa shape index (κ2) is 5.09. The molecular formula is C15H11BrN2O2. The quantitative estimate of drug-likeness (QED) is 0.859. The molecule has 1 heterocycles. The number of benzene rings is 2. The number of halogens is 1. The SMILES string of the molecule is O=C1NC(=O)N(c2ccccc2)[C@@H]1c1ccc(Br)cc1. The Hall–Kier alpha value is -2.14. The van der Waals surface area contributed by atoms with Crippen LogP contribution in [0.25, 0.3) is 0 Å². The van der Waals surface area contributed by atoms with Crippen molar-refractivity contribution in [3.63, 3.8) is 0 Å². The summed E-state index contributed by atoms with van der Waals surface area (Å²) in [5.74, 6) is -0.304. The highest BCUT2D eigenvalue weighted by atomic mass is 79.9. The maximum Gasteiger partial charge on any atom is 0.329 e. The van der Waals surface area contributed by atoms with Crippen LogP contribution in [0, 0.1) is 0 Å². The molecule has 0 saturated carbocycles. The Morgan fingerprint density at radius 2 is 1.60 bits per heavy atom. The van der Waals surface area contributed by atoms with E-state index in [1.54, 1.807) is 0 Å². The van der Waals surface area contributed by atoms with Crippen molar-refractivity contribution >= 4 is 33.6 Å². The van der Waals surface area contributed by atoms with Crippen molar-refractivity contribution in [1.82, 2.24) is 5.32 Å². The summed E-state index contributed by atoms with van der Waals surface area (Å²) < 4.78 is 0.928. The molecule has 0 aromatic heterocycles. The third-order valence-electron chi connectivity index (χ3n) is 3.18. The van der Waals surface area contributed by atoms with Crippen LogP contribution in [0.5, 0.6) is 0 Å². The van der Waals surface area contributed by atoms with Gasteiger partial charge in [-0.25, -0.2) is 4.79 Å². The molecule has 4 nitrogen and oxygen atoms in total. The Bertz CT molecular complexity index is 655. The smallest absolute Gasteiger partial charge is 0.277 e. The van der Waals surface area contributed by atoms with Crippen LogP contribution in [0.15, 0.2) is 59.1 Å². The molecule has 0 spiro atoms. The maximum atomic E-state index is 12.1. The number of hydrogen-bond donors (Lipinski definition) is 1. The number of amides is 3. The van der Waals surface area contributed by atoms with E-state index in [1.165, 1.54) is 4.90 Å². The lowest BCUT2D eigenvalue weighted by atomic mass is 10.1. The zero-order valence-electron chi connectivity index (χ0n) is 10.4. The summed E-state index contributed by atoms with van der Waals surface area (Å²) in [6.07, 6.45) is 0. The largest absolute Gasteiger partial charge is 0.329 e. The standard InChI is InChI=1S/C15H11BrN2O2/c16-11-8-6-10(7-9-11)13-14(19)17-15(20)18(13)12-4-2-1-3-5-12/h1-9,13H,(H,17,19,20)/t13-/m1/s1. The van der Waals surface area contributed by atoms with Crippen LogP contribution in [-0.4, -0.2) is 11.9 Å². The molecule has 100 valence electrons. The zero-order valence-corrected chi connectivity index (χ0v) is 12.0. The Kier molecular flexibility index (Phi) is 3.28. The number of rotatable bonds is 2. The van der Waals surface area contributed by atoms with Crippen LogP contribution < -0.4 is 10.2 Å². The van der Waals surface area contributed by atoms with Crippen molar-refractivity contribution in [2.45, 2.75) is 6.04 Å². The Balaban J connectivity index is 2.04. The summed E-state index contributed by atoms with van der Waals surface area (Å²) in [5.41, 5.74) is 1.48. The van der Waals surface area contributed by atoms with Gasteiger partial charge in [0.05, 0.1) is 0 Å². The highest BCUT2D eigenvalue weighted by Gasteiger charge is 2.40. The van der Waals surface area contributed by atoms with Crippen LogP contribution in [0.3, 0.4) is 0 Å². The van der Waals surface area contributed by atoms with E-state index >= 15 is 0 Å². The fourth-order valence-electron chi connectivity index (χ4n) is 2.27. The van der Waals surface area contributed by atoms with Crippen LogP contribution in [0.4, 0.5) is 10.5 Å². The number of urea groups is 1. The van der Waals surface area contributed by atoms with Crippen molar-refractivity contribution in [2.75, 3.05) is 4.90 Å². The molecule has 0 aliphatic carbocycles. The highest BCUT2D eigenvalue weighted by molar-refractivity contribution is 9.10. The Morgan fingerprint density at radius 3 is 2.25 bits per heavy atom. The minimum absolute atomic E-state index is 0.304. The fourth-order valence-corrected chi connectivity index (χ4v) is 2.53. The van der Waals surface area contributed by atoms with Gasteiger partial charge in [0, 0.05) is 10.2 Å². The number of nitrogens with one attached hydrogen (secondary N) is 1. The maximum absolute atomic E-state index is 12.1. The van der Waals surface area contributed by atoms with Crippen LogP contribution in [0.2, 0.25) is 0 Å². The summed E-state index contributed by atoms with van der Waals surface area (Å²) in [6.45, 7) is 0. The second-order valence-electron chi connectivity index (χ2n) is 4.45. The van der Waals surface area contributed by atoms with Crippen LogP contribution in [-0.2, 0) is 4.79 Å². The molecule has 1 N–H and O–H groups in total. The Morgan fingerprint density at radius 1 is 0.950 bits per heavy atom. The fraction of sp³-hybridized carbons (Fsp3) is 0.0667. The van der Waals surface area contributed by atoms with Crippen molar-refractivity contribution in [1.29, 1.82) is 0 Å². The van der Waals surface area contributed by atoms with Gasteiger partial charge in [0.15, 0.2) is 0 Å². The van der Waals surface area contributed by atoms with Crippen LogP contribution >= 0.6 is 15.9 Å². The van der Waals surface area contributed by atoms with Gasteiger partial charge in [-0.3, -0.25) is 15.0 Å². The first kappa shape index (κ1) is 12.9. The first-order chi connectivity index (χ1) is 9.66. The van der Waals surface area contributed by atoms with Crippen molar-refractivity contribution < 1.29 is 9.59 Å². The normalized spacial score (nSPS) is 18.2. The number of imide groups is 1. The first-order valence-electron chi connectivity index (χ1n) is 6.11. The number of carbonyl (C=O) groups excluding carboxylic acids is 2. The second-order valence-corrected chi connectivity index (χ2v) is 5.37. The lowest BCUT2D eigenvalue weighted by molar-refractivity contribution is -0.119. The van der Waals surface area contributed by atoms with Gasteiger partial charge in [-0.2, -0.15) is 0 Å². The molecule has 0 unspecified atom stereocenters. The summed E-state index contributed by atoms with van der Waals surface area (Å²) in [5, 5.41) is 2.36. The number of nitrogens with zero attached hydrogens (tertiary/aromatic N) is 1. The van der Waals surface area contributed by atoms with Gasteiger partial charge in [0.25, 0.3) is 5.91 Å². The highest BCUT2D eigenvalue weighted by Crippen LogP contribution is 2.31. The third kappa shape index (κ3) is 2.20. The first-order valence-corrected chi connectivity index (χ1v) is 6.91. The van der Waals surface area contributed by atoms with Gasteiger partial charge >= 0.3 is 6.03 Å². The molecule has 1 aliphatic heterocycles. The molecule has 1 saturated heterocycles. The lowest BCUT2D eigenvalue weighted by Crippen LogP contribution is -2.29. The monoisotopic (exact) mass is 330 g/mol.